The van der Waals surface area contributed by atoms with Gasteiger partial charge in [0.2, 0.25) is 10.0 Å². The highest BCUT2D eigenvalue weighted by Crippen LogP contribution is 2.16. The van der Waals surface area contributed by atoms with Crippen molar-refractivity contribution in [3.05, 3.63) is 24.5 Å². The lowest BCUT2D eigenvalue weighted by Crippen LogP contribution is -2.50. The minimum absolute atomic E-state index is 0.101. The lowest BCUT2D eigenvalue weighted by Gasteiger charge is -2.33. The summed E-state index contributed by atoms with van der Waals surface area (Å²) in [5, 5.41) is 7.23. The summed E-state index contributed by atoms with van der Waals surface area (Å²) in [7, 11) is -3.45. The minimum atomic E-state index is -3.45. The molecule has 7 nitrogen and oxygen atoms in total. The van der Waals surface area contributed by atoms with E-state index >= 15 is 0 Å². The molecular weight excluding hydrogens is 266 g/mol. The van der Waals surface area contributed by atoms with Gasteiger partial charge in [0.1, 0.15) is 10.7 Å². The van der Waals surface area contributed by atoms with Crippen LogP contribution in [0.25, 0.3) is 0 Å². The first-order chi connectivity index (χ1) is 9.00. The van der Waals surface area contributed by atoms with E-state index in [1.54, 1.807) is 18.3 Å². The number of hydrogen-bond acceptors (Lipinski definition) is 5. The second kappa shape index (κ2) is 5.64. The summed E-state index contributed by atoms with van der Waals surface area (Å²) in [4.78, 5) is 6.03. The van der Waals surface area contributed by atoms with Crippen LogP contribution in [0.15, 0.2) is 29.4 Å². The third-order valence-electron chi connectivity index (χ3n) is 3.00. The number of piperazine rings is 1. The maximum Gasteiger partial charge on any atom is 0.244 e. The molecule has 0 amide bonds. The first kappa shape index (κ1) is 13.9. The van der Waals surface area contributed by atoms with Gasteiger partial charge in [0.15, 0.2) is 0 Å². The van der Waals surface area contributed by atoms with Gasteiger partial charge >= 0.3 is 0 Å². The molecule has 104 valence electrons. The Morgan fingerprint density at radius 2 is 2.05 bits per heavy atom. The standard InChI is InChI=1S/C11H17N5O2S/c12-11(13)9-15-4-6-16(7-5-15)19(17,18)10-2-1-3-14-8-10/h1-3,8H,4-7,9H2,(H3,12,13). The highest BCUT2D eigenvalue weighted by Gasteiger charge is 2.28. The molecule has 3 N–H and O–H groups in total. The van der Waals surface area contributed by atoms with Crippen molar-refractivity contribution in [2.75, 3.05) is 32.7 Å². The Hall–Kier alpha value is -1.51. The summed E-state index contributed by atoms with van der Waals surface area (Å²) in [5.41, 5.74) is 5.34. The Kier molecular flexibility index (Phi) is 4.13. The topological polar surface area (TPSA) is 103 Å². The normalized spacial score (nSPS) is 18.3. The highest BCUT2D eigenvalue weighted by atomic mass is 32.2. The maximum atomic E-state index is 12.3. The van der Waals surface area contributed by atoms with Crippen molar-refractivity contribution in [1.29, 1.82) is 5.41 Å². The van der Waals surface area contributed by atoms with Gasteiger partial charge < -0.3 is 5.73 Å². The van der Waals surface area contributed by atoms with Crippen LogP contribution >= 0.6 is 0 Å². The fourth-order valence-electron chi connectivity index (χ4n) is 2.02. The van der Waals surface area contributed by atoms with E-state index in [0.717, 1.165) is 0 Å². The first-order valence-corrected chi connectivity index (χ1v) is 7.39. The van der Waals surface area contributed by atoms with Crippen molar-refractivity contribution in [2.24, 2.45) is 5.73 Å². The van der Waals surface area contributed by atoms with E-state index in [2.05, 4.69) is 4.98 Å². The zero-order valence-corrected chi connectivity index (χ0v) is 11.3. The number of nitrogens with two attached hydrogens (primary N) is 1. The van der Waals surface area contributed by atoms with Gasteiger partial charge in [-0.3, -0.25) is 15.3 Å². The fourth-order valence-corrected chi connectivity index (χ4v) is 3.40. The molecule has 0 bridgehead atoms. The molecule has 0 saturated carbocycles. The Labute approximate surface area is 112 Å². The number of aromatic nitrogens is 1. The number of nitrogens with one attached hydrogen (secondary N) is 1. The fraction of sp³-hybridized carbons (Fsp3) is 0.455. The van der Waals surface area contributed by atoms with Crippen molar-refractivity contribution < 1.29 is 8.42 Å². The summed E-state index contributed by atoms with van der Waals surface area (Å²) in [6.07, 6.45) is 2.90. The molecule has 0 unspecified atom stereocenters. The van der Waals surface area contributed by atoms with Crippen molar-refractivity contribution in [3.8, 4) is 0 Å². The monoisotopic (exact) mass is 283 g/mol. The average molecular weight is 283 g/mol. The van der Waals surface area contributed by atoms with Crippen LogP contribution in [0, 0.1) is 5.41 Å². The van der Waals surface area contributed by atoms with Crippen LogP contribution in [0.1, 0.15) is 0 Å². The Morgan fingerprint density at radius 3 is 2.58 bits per heavy atom. The number of amidine groups is 1. The van der Waals surface area contributed by atoms with E-state index in [9.17, 15) is 8.42 Å². The predicted octanol–water partition coefficient (Wildman–Crippen LogP) is -0.676. The number of nitrogens with zero attached hydrogens (tertiary/aromatic N) is 3. The molecule has 8 heteroatoms. The van der Waals surface area contributed by atoms with Crippen LogP contribution < -0.4 is 5.73 Å². The highest BCUT2D eigenvalue weighted by molar-refractivity contribution is 7.89. The molecule has 1 aliphatic heterocycles. The van der Waals surface area contributed by atoms with Crippen LogP contribution in [-0.2, 0) is 10.0 Å². The van der Waals surface area contributed by atoms with Gasteiger partial charge in [-0.2, -0.15) is 4.31 Å². The van der Waals surface area contributed by atoms with Crippen LogP contribution in [0.5, 0.6) is 0 Å². The third-order valence-corrected chi connectivity index (χ3v) is 4.88. The van der Waals surface area contributed by atoms with Crippen LogP contribution in [0.4, 0.5) is 0 Å². The van der Waals surface area contributed by atoms with E-state index in [-0.39, 0.29) is 10.7 Å². The largest absolute Gasteiger partial charge is 0.387 e. The molecule has 19 heavy (non-hydrogen) atoms. The molecule has 1 aromatic rings. The average Bonchev–Trinajstić information content (AvgIpc) is 2.40. The number of pyridine rings is 1. The molecule has 0 aromatic carbocycles. The van der Waals surface area contributed by atoms with E-state index in [1.807, 2.05) is 4.90 Å². The molecule has 1 saturated heterocycles. The molecule has 0 aliphatic carbocycles. The van der Waals surface area contributed by atoms with Crippen molar-refractivity contribution in [1.82, 2.24) is 14.2 Å². The summed E-state index contributed by atoms with van der Waals surface area (Å²) in [6.45, 7) is 2.37. The smallest absolute Gasteiger partial charge is 0.244 e. The van der Waals surface area contributed by atoms with Crippen LogP contribution in [0.2, 0.25) is 0 Å². The molecule has 0 spiro atoms. The summed E-state index contributed by atoms with van der Waals surface area (Å²) >= 11 is 0. The minimum Gasteiger partial charge on any atom is -0.387 e. The molecule has 1 fully saturated rings. The van der Waals surface area contributed by atoms with Gasteiger partial charge in [-0.05, 0) is 12.1 Å². The number of sulfonamides is 1. The maximum absolute atomic E-state index is 12.3. The van der Waals surface area contributed by atoms with Gasteiger partial charge in [0.05, 0.1) is 6.54 Å². The molecule has 2 heterocycles. The molecule has 0 atom stereocenters. The second-order valence-electron chi connectivity index (χ2n) is 4.39. The molecule has 2 rings (SSSR count). The van der Waals surface area contributed by atoms with Crippen molar-refractivity contribution in [3.63, 3.8) is 0 Å². The van der Waals surface area contributed by atoms with Crippen LogP contribution in [-0.4, -0.2) is 61.2 Å². The molecule has 0 radical (unpaired) electrons. The second-order valence-corrected chi connectivity index (χ2v) is 6.33. The Balaban J connectivity index is 2.03. The molecule has 1 aliphatic rings. The SMILES string of the molecule is N=C(N)CN1CCN(S(=O)(=O)c2cccnc2)CC1. The zero-order chi connectivity index (χ0) is 13.9. The molecular formula is C11H17N5O2S. The summed E-state index contributed by atoms with van der Waals surface area (Å²) < 4.78 is 26.1. The van der Waals surface area contributed by atoms with E-state index < -0.39 is 10.0 Å². The van der Waals surface area contributed by atoms with E-state index in [0.29, 0.717) is 32.7 Å². The summed E-state index contributed by atoms with van der Waals surface area (Å²) in [6, 6.07) is 3.16. The van der Waals surface area contributed by atoms with Crippen molar-refractivity contribution >= 4 is 15.9 Å². The van der Waals surface area contributed by atoms with E-state index in [1.165, 1.54) is 10.5 Å². The number of rotatable bonds is 4. The lowest BCUT2D eigenvalue weighted by molar-refractivity contribution is 0.208. The van der Waals surface area contributed by atoms with E-state index in [4.69, 9.17) is 11.1 Å². The quantitative estimate of drug-likeness (QED) is 0.563. The first-order valence-electron chi connectivity index (χ1n) is 5.95. The lowest BCUT2D eigenvalue weighted by atomic mass is 10.3. The third kappa shape index (κ3) is 3.28. The van der Waals surface area contributed by atoms with Gasteiger partial charge in [0, 0.05) is 38.6 Å². The van der Waals surface area contributed by atoms with Gasteiger partial charge in [0.25, 0.3) is 0 Å². The molecule has 1 aromatic heterocycles. The Bertz CT molecular complexity index is 537. The summed E-state index contributed by atoms with van der Waals surface area (Å²) in [5.74, 6) is 0.101. The zero-order valence-electron chi connectivity index (χ0n) is 10.5. The Morgan fingerprint density at radius 1 is 1.37 bits per heavy atom. The van der Waals surface area contributed by atoms with Gasteiger partial charge in [-0.1, -0.05) is 0 Å². The van der Waals surface area contributed by atoms with Crippen LogP contribution in [0.3, 0.4) is 0 Å². The predicted molar refractivity (Wildman–Crippen MR) is 71.3 cm³/mol. The number of hydrogen-bond donors (Lipinski definition) is 2. The van der Waals surface area contributed by atoms with Gasteiger partial charge in [-0.25, -0.2) is 8.42 Å². The van der Waals surface area contributed by atoms with Gasteiger partial charge in [-0.15, -0.1) is 0 Å². The van der Waals surface area contributed by atoms with Crippen molar-refractivity contribution in [2.45, 2.75) is 4.90 Å².